The number of carboxylic acid groups (broad SMARTS) is 1. The first-order valence-electron chi connectivity index (χ1n) is 10.2. The third-order valence-electron chi connectivity index (χ3n) is 6.12. The number of nitrogens with one attached hydrogen (secondary N) is 1. The smallest absolute Gasteiger partial charge is 0.407 e. The fourth-order valence-electron chi connectivity index (χ4n) is 4.15. The number of rotatable bonds is 5. The van der Waals surface area contributed by atoms with E-state index in [-0.39, 0.29) is 17.9 Å². The van der Waals surface area contributed by atoms with Crippen LogP contribution in [-0.4, -0.2) is 61.4 Å². The number of amides is 2. The summed E-state index contributed by atoms with van der Waals surface area (Å²) in [6, 6.07) is 3.85. The molecule has 2 amide bonds. The van der Waals surface area contributed by atoms with Crippen LogP contribution in [0.2, 0.25) is 0 Å². The molecule has 0 spiro atoms. The SMILES string of the molecule is CC(C)[C@]1(C#N)CCN(c2ccnc(Nc3cnn([C@@H]4CCN(C(=O)O)C4)c3)n2)C1=O. The van der Waals surface area contributed by atoms with Crippen LogP contribution < -0.4 is 10.2 Å². The van der Waals surface area contributed by atoms with Crippen LogP contribution in [-0.2, 0) is 4.79 Å². The van der Waals surface area contributed by atoms with E-state index in [0.717, 1.165) is 0 Å². The Morgan fingerprint density at radius 2 is 2.23 bits per heavy atom. The summed E-state index contributed by atoms with van der Waals surface area (Å²) in [5, 5.41) is 26.1. The van der Waals surface area contributed by atoms with Crippen molar-refractivity contribution in [3.8, 4) is 6.07 Å². The molecule has 4 rings (SSSR count). The van der Waals surface area contributed by atoms with Crippen molar-refractivity contribution in [2.75, 3.05) is 29.9 Å². The van der Waals surface area contributed by atoms with Crippen LogP contribution >= 0.6 is 0 Å². The number of nitrogens with zero attached hydrogens (tertiary/aromatic N) is 7. The summed E-state index contributed by atoms with van der Waals surface area (Å²) in [6.07, 6.45) is 5.21. The Hall–Kier alpha value is -3.68. The Morgan fingerprint density at radius 1 is 1.42 bits per heavy atom. The molecule has 0 radical (unpaired) electrons. The molecular weight excluding hydrogens is 400 g/mol. The van der Waals surface area contributed by atoms with E-state index in [1.165, 1.54) is 4.90 Å². The van der Waals surface area contributed by atoms with E-state index < -0.39 is 11.5 Å². The maximum absolute atomic E-state index is 13.0. The summed E-state index contributed by atoms with van der Waals surface area (Å²) in [6.45, 7) is 5.08. The average molecular weight is 424 g/mol. The van der Waals surface area contributed by atoms with Crippen LogP contribution in [0.4, 0.5) is 22.2 Å². The largest absolute Gasteiger partial charge is 0.465 e. The van der Waals surface area contributed by atoms with Gasteiger partial charge < -0.3 is 15.3 Å². The first-order valence-corrected chi connectivity index (χ1v) is 10.2. The average Bonchev–Trinajstić information content (AvgIpc) is 3.46. The molecule has 2 aromatic heterocycles. The molecule has 2 aromatic rings. The predicted octanol–water partition coefficient (Wildman–Crippen LogP) is 2.24. The Labute approximate surface area is 179 Å². The zero-order valence-corrected chi connectivity index (χ0v) is 17.4. The van der Waals surface area contributed by atoms with Crippen molar-refractivity contribution in [2.24, 2.45) is 11.3 Å². The molecular formula is C20H24N8O3. The Bertz CT molecular complexity index is 1050. The highest BCUT2D eigenvalue weighted by Gasteiger charge is 2.50. The highest BCUT2D eigenvalue weighted by atomic mass is 16.4. The molecule has 11 nitrogen and oxygen atoms in total. The van der Waals surface area contributed by atoms with Crippen LogP contribution in [0.15, 0.2) is 24.7 Å². The molecule has 11 heteroatoms. The van der Waals surface area contributed by atoms with Crippen LogP contribution in [0.3, 0.4) is 0 Å². The van der Waals surface area contributed by atoms with Gasteiger partial charge in [-0.1, -0.05) is 13.8 Å². The molecule has 2 aliphatic heterocycles. The maximum Gasteiger partial charge on any atom is 0.407 e. The van der Waals surface area contributed by atoms with Gasteiger partial charge in [0.25, 0.3) is 0 Å². The number of carbonyl (C=O) groups excluding carboxylic acids is 1. The second-order valence-corrected chi connectivity index (χ2v) is 8.19. The van der Waals surface area contributed by atoms with E-state index in [9.17, 15) is 14.9 Å². The van der Waals surface area contributed by atoms with Crippen molar-refractivity contribution in [1.29, 1.82) is 5.26 Å². The van der Waals surface area contributed by atoms with Gasteiger partial charge in [0.05, 0.1) is 24.0 Å². The number of nitriles is 1. The molecule has 31 heavy (non-hydrogen) atoms. The summed E-state index contributed by atoms with van der Waals surface area (Å²) < 4.78 is 1.74. The van der Waals surface area contributed by atoms with Gasteiger partial charge in [0.15, 0.2) is 0 Å². The summed E-state index contributed by atoms with van der Waals surface area (Å²) in [5.74, 6) is 0.433. The van der Waals surface area contributed by atoms with Crippen molar-refractivity contribution in [3.05, 3.63) is 24.7 Å². The van der Waals surface area contributed by atoms with E-state index >= 15 is 0 Å². The van der Waals surface area contributed by atoms with E-state index in [1.54, 1.807) is 34.2 Å². The molecule has 4 heterocycles. The highest BCUT2D eigenvalue weighted by molar-refractivity contribution is 6.01. The van der Waals surface area contributed by atoms with Gasteiger partial charge in [-0.15, -0.1) is 0 Å². The summed E-state index contributed by atoms with van der Waals surface area (Å²) in [5.41, 5.74) is -0.364. The molecule has 0 aromatic carbocycles. The first-order chi connectivity index (χ1) is 14.8. The molecule has 2 N–H and O–H groups in total. The zero-order valence-electron chi connectivity index (χ0n) is 17.4. The normalized spacial score (nSPS) is 23.4. The highest BCUT2D eigenvalue weighted by Crippen LogP contribution is 2.40. The minimum atomic E-state index is -1.02. The fourth-order valence-corrected chi connectivity index (χ4v) is 4.15. The predicted molar refractivity (Wildman–Crippen MR) is 111 cm³/mol. The van der Waals surface area contributed by atoms with E-state index in [0.29, 0.717) is 49.9 Å². The molecule has 2 aliphatic rings. The van der Waals surface area contributed by atoms with Gasteiger partial charge in [-0.25, -0.2) is 9.78 Å². The summed E-state index contributed by atoms with van der Waals surface area (Å²) in [4.78, 5) is 35.6. The van der Waals surface area contributed by atoms with Gasteiger partial charge in [0.2, 0.25) is 11.9 Å². The van der Waals surface area contributed by atoms with Crippen molar-refractivity contribution in [2.45, 2.75) is 32.7 Å². The number of carbonyl (C=O) groups is 2. The maximum atomic E-state index is 13.0. The second kappa shape index (κ2) is 7.86. The van der Waals surface area contributed by atoms with Crippen molar-refractivity contribution in [3.63, 3.8) is 0 Å². The number of hydrogen-bond donors (Lipinski definition) is 2. The van der Waals surface area contributed by atoms with Gasteiger partial charge in [-0.3, -0.25) is 14.4 Å². The number of anilines is 3. The van der Waals surface area contributed by atoms with Crippen molar-refractivity contribution in [1.82, 2.24) is 24.6 Å². The molecule has 0 aliphatic carbocycles. The second-order valence-electron chi connectivity index (χ2n) is 8.19. The molecule has 0 saturated carbocycles. The molecule has 162 valence electrons. The lowest BCUT2D eigenvalue weighted by Gasteiger charge is -2.24. The molecule has 2 saturated heterocycles. The number of hydrogen-bond acceptors (Lipinski definition) is 7. The molecule has 0 unspecified atom stereocenters. The van der Waals surface area contributed by atoms with E-state index in [4.69, 9.17) is 5.11 Å². The van der Waals surface area contributed by atoms with Crippen LogP contribution in [0, 0.1) is 22.7 Å². The Morgan fingerprint density at radius 3 is 2.87 bits per heavy atom. The number of likely N-dealkylation sites (tertiary alicyclic amines) is 1. The monoisotopic (exact) mass is 424 g/mol. The van der Waals surface area contributed by atoms with Gasteiger partial charge >= 0.3 is 6.09 Å². The van der Waals surface area contributed by atoms with E-state index in [1.807, 2.05) is 13.8 Å². The molecule has 0 bridgehead atoms. The van der Waals surface area contributed by atoms with Gasteiger partial charge in [0.1, 0.15) is 11.2 Å². The third-order valence-corrected chi connectivity index (χ3v) is 6.12. The molecule has 2 fully saturated rings. The van der Waals surface area contributed by atoms with Crippen LogP contribution in [0.1, 0.15) is 32.7 Å². The minimum Gasteiger partial charge on any atom is -0.465 e. The lowest BCUT2D eigenvalue weighted by molar-refractivity contribution is -0.124. The molecule has 2 atom stereocenters. The quantitative estimate of drug-likeness (QED) is 0.745. The topological polar surface area (TPSA) is 140 Å². The fraction of sp³-hybridized carbons (Fsp3) is 0.500. The lowest BCUT2D eigenvalue weighted by Crippen LogP contribution is -2.37. The van der Waals surface area contributed by atoms with Gasteiger partial charge in [0, 0.05) is 32.0 Å². The van der Waals surface area contributed by atoms with Gasteiger partial charge in [-0.2, -0.15) is 15.3 Å². The minimum absolute atomic E-state index is 0.0173. The van der Waals surface area contributed by atoms with Crippen molar-refractivity contribution < 1.29 is 14.7 Å². The van der Waals surface area contributed by atoms with Crippen LogP contribution in [0.25, 0.3) is 0 Å². The first kappa shape index (κ1) is 20.6. The summed E-state index contributed by atoms with van der Waals surface area (Å²) >= 11 is 0. The lowest BCUT2D eigenvalue weighted by atomic mass is 9.77. The third kappa shape index (κ3) is 3.65. The van der Waals surface area contributed by atoms with Crippen molar-refractivity contribution >= 4 is 29.5 Å². The van der Waals surface area contributed by atoms with E-state index in [2.05, 4.69) is 26.5 Å². The van der Waals surface area contributed by atoms with Gasteiger partial charge in [-0.05, 0) is 24.8 Å². The standard InChI is InChI=1S/C20H24N8O3/c1-13(2)20(12-21)5-8-27(17(20)29)16-3-6-22-18(25-16)24-14-9-23-28(10-14)15-4-7-26(11-15)19(30)31/h3,6,9-10,13,15H,4-5,7-8,11H2,1-2H3,(H,30,31)(H,22,24,25)/t15-,20-/m1/s1. The Kier molecular flexibility index (Phi) is 5.22. The number of aromatic nitrogens is 4. The zero-order chi connectivity index (χ0) is 22.2. The Balaban J connectivity index is 1.47. The summed E-state index contributed by atoms with van der Waals surface area (Å²) in [7, 11) is 0. The van der Waals surface area contributed by atoms with Crippen LogP contribution in [0.5, 0.6) is 0 Å².